The van der Waals surface area contributed by atoms with Crippen molar-refractivity contribution in [2.75, 3.05) is 53.5 Å². The average molecular weight is 341 g/mol. The Morgan fingerprint density at radius 1 is 0.947 bits per heavy atom. The molecule has 0 aromatic rings. The Kier molecular flexibility index (Phi) is 8.88. The van der Waals surface area contributed by atoms with Crippen LogP contribution in [0, 0.1) is 0 Å². The van der Waals surface area contributed by atoms with Gasteiger partial charge >= 0.3 is 0 Å². The van der Waals surface area contributed by atoms with E-state index in [0.29, 0.717) is 12.2 Å². The zero-order chi connectivity index (χ0) is 13.3. The molecule has 0 N–H and O–H groups in total. The molecule has 0 aromatic heterocycles. The van der Waals surface area contributed by atoms with Crippen LogP contribution in [0.5, 0.6) is 0 Å². The van der Waals surface area contributed by atoms with E-state index in [1.54, 1.807) is 0 Å². The lowest BCUT2D eigenvalue weighted by Gasteiger charge is -2.15. The Labute approximate surface area is 134 Å². The van der Waals surface area contributed by atoms with Gasteiger partial charge in [0.15, 0.2) is 0 Å². The van der Waals surface area contributed by atoms with Crippen LogP contribution in [-0.4, -0.2) is 70.9 Å². The molecule has 0 aliphatic carbocycles. The normalized spacial score (nSPS) is 26.4. The Morgan fingerprint density at radius 3 is 2.21 bits per heavy atom. The maximum Gasteiger partial charge on any atom is 0.0900 e. The third kappa shape index (κ3) is 9.04. The van der Waals surface area contributed by atoms with Crippen molar-refractivity contribution < 1.29 is 9.47 Å². The third-order valence-corrected chi connectivity index (χ3v) is 8.12. The van der Waals surface area contributed by atoms with Crippen LogP contribution in [0.1, 0.15) is 6.92 Å². The number of epoxide rings is 2. The highest BCUT2D eigenvalue weighted by Gasteiger charge is 2.23. The minimum atomic E-state index is 0.573. The molecule has 2 rings (SSSR count). The summed E-state index contributed by atoms with van der Waals surface area (Å²) in [6, 6.07) is 0. The molecule has 0 radical (unpaired) electrons. The molecule has 6 heteroatoms. The van der Waals surface area contributed by atoms with Gasteiger partial charge in [0.1, 0.15) is 0 Å². The minimum Gasteiger partial charge on any atom is -0.372 e. The van der Waals surface area contributed by atoms with Gasteiger partial charge in [0.2, 0.25) is 0 Å². The first kappa shape index (κ1) is 16.7. The van der Waals surface area contributed by atoms with E-state index in [9.17, 15) is 0 Å². The molecular formula is C13H24O2S4. The van der Waals surface area contributed by atoms with Crippen molar-refractivity contribution in [1.29, 1.82) is 0 Å². The van der Waals surface area contributed by atoms with Gasteiger partial charge in [-0.15, -0.1) is 0 Å². The van der Waals surface area contributed by atoms with Crippen molar-refractivity contribution in [1.82, 2.24) is 0 Å². The van der Waals surface area contributed by atoms with Crippen molar-refractivity contribution >= 4 is 47.0 Å². The number of hydrogen-bond donors (Lipinski definition) is 0. The molecule has 0 bridgehead atoms. The van der Waals surface area contributed by atoms with Gasteiger partial charge in [-0.05, 0) is 5.75 Å². The zero-order valence-electron chi connectivity index (χ0n) is 11.5. The summed E-state index contributed by atoms with van der Waals surface area (Å²) >= 11 is 8.36. The lowest BCUT2D eigenvalue weighted by molar-refractivity contribution is 0.426. The van der Waals surface area contributed by atoms with Crippen molar-refractivity contribution in [3.63, 3.8) is 0 Å². The van der Waals surface area contributed by atoms with E-state index < -0.39 is 0 Å². The summed E-state index contributed by atoms with van der Waals surface area (Å²) < 4.78 is 10.5. The molecule has 2 heterocycles. The number of ether oxygens (including phenoxy) is 2. The van der Waals surface area contributed by atoms with Gasteiger partial charge < -0.3 is 9.47 Å². The van der Waals surface area contributed by atoms with Crippen molar-refractivity contribution in [2.45, 2.75) is 24.4 Å². The SMILES string of the molecule is CCSCC(CSCC1CO1)SCCSCC1CO1. The van der Waals surface area contributed by atoms with E-state index >= 15 is 0 Å². The monoisotopic (exact) mass is 340 g/mol. The van der Waals surface area contributed by atoms with E-state index in [4.69, 9.17) is 9.47 Å². The van der Waals surface area contributed by atoms with Crippen molar-refractivity contribution in [2.24, 2.45) is 0 Å². The molecule has 2 aliphatic heterocycles. The number of thioether (sulfide) groups is 4. The van der Waals surface area contributed by atoms with Gasteiger partial charge in [-0.1, -0.05) is 6.92 Å². The predicted octanol–water partition coefficient (Wildman–Crippen LogP) is 3.11. The number of rotatable bonds is 13. The Bertz CT molecular complexity index is 235. The van der Waals surface area contributed by atoms with E-state index in [0.717, 1.165) is 18.5 Å². The van der Waals surface area contributed by atoms with Crippen LogP contribution in [0.15, 0.2) is 0 Å². The van der Waals surface area contributed by atoms with Crippen LogP contribution >= 0.6 is 47.0 Å². The molecule has 0 amide bonds. The molecule has 112 valence electrons. The van der Waals surface area contributed by atoms with E-state index in [1.807, 2.05) is 11.8 Å². The fraction of sp³-hybridized carbons (Fsp3) is 1.00. The van der Waals surface area contributed by atoms with E-state index in [-0.39, 0.29) is 0 Å². The highest BCUT2D eigenvalue weighted by Crippen LogP contribution is 2.25. The van der Waals surface area contributed by atoms with Crippen LogP contribution in [0.3, 0.4) is 0 Å². The molecular weight excluding hydrogens is 316 g/mol. The Morgan fingerprint density at radius 2 is 1.58 bits per heavy atom. The van der Waals surface area contributed by atoms with Gasteiger partial charge in [0.25, 0.3) is 0 Å². The molecule has 0 aromatic carbocycles. The minimum absolute atomic E-state index is 0.573. The third-order valence-electron chi connectivity index (χ3n) is 2.81. The van der Waals surface area contributed by atoms with E-state index in [1.165, 1.54) is 40.3 Å². The Hall–Kier alpha value is 1.32. The molecule has 3 unspecified atom stereocenters. The summed E-state index contributed by atoms with van der Waals surface area (Å²) in [5, 5.41) is 0.812. The van der Waals surface area contributed by atoms with Crippen LogP contribution < -0.4 is 0 Å². The van der Waals surface area contributed by atoms with Crippen LogP contribution in [0.4, 0.5) is 0 Å². The maximum atomic E-state index is 5.26. The molecule has 19 heavy (non-hydrogen) atoms. The molecule has 2 saturated heterocycles. The summed E-state index contributed by atoms with van der Waals surface area (Å²) in [6.45, 7) is 4.24. The quantitative estimate of drug-likeness (QED) is 0.377. The van der Waals surface area contributed by atoms with Crippen molar-refractivity contribution in [3.8, 4) is 0 Å². The van der Waals surface area contributed by atoms with Gasteiger partial charge in [0, 0.05) is 39.8 Å². The van der Waals surface area contributed by atoms with Crippen LogP contribution in [0.25, 0.3) is 0 Å². The highest BCUT2D eigenvalue weighted by atomic mass is 32.2. The van der Waals surface area contributed by atoms with Gasteiger partial charge in [-0.25, -0.2) is 0 Å². The first-order valence-electron chi connectivity index (χ1n) is 6.96. The maximum absolute atomic E-state index is 5.26. The summed E-state index contributed by atoms with van der Waals surface area (Å²) in [4.78, 5) is 0. The molecule has 0 spiro atoms. The first-order valence-corrected chi connectivity index (χ1v) is 11.5. The molecule has 2 fully saturated rings. The summed E-state index contributed by atoms with van der Waals surface area (Å²) in [7, 11) is 0. The highest BCUT2D eigenvalue weighted by molar-refractivity contribution is 8.06. The second-order valence-corrected chi connectivity index (χ2v) is 9.63. The van der Waals surface area contributed by atoms with Gasteiger partial charge in [0.05, 0.1) is 25.4 Å². The lowest BCUT2D eigenvalue weighted by atomic mass is 10.5. The zero-order valence-corrected chi connectivity index (χ0v) is 14.8. The summed E-state index contributed by atoms with van der Waals surface area (Å²) in [5.41, 5.74) is 0. The second-order valence-electron chi connectivity index (χ2n) is 4.68. The first-order chi connectivity index (χ1) is 9.38. The topological polar surface area (TPSA) is 25.1 Å². The smallest absolute Gasteiger partial charge is 0.0900 e. The summed E-state index contributed by atoms with van der Waals surface area (Å²) in [6.07, 6.45) is 1.15. The predicted molar refractivity (Wildman–Crippen MR) is 93.4 cm³/mol. The van der Waals surface area contributed by atoms with Gasteiger partial charge in [-0.2, -0.15) is 47.0 Å². The lowest BCUT2D eigenvalue weighted by Crippen LogP contribution is -2.13. The molecule has 2 nitrogen and oxygen atoms in total. The standard InChI is InChI=1S/C13H24O2S4/c1-2-16-9-13(10-18-8-12-6-15-12)19-4-3-17-7-11-5-14-11/h11-13H,2-10H2,1H3. The fourth-order valence-corrected chi connectivity index (χ4v) is 6.44. The summed E-state index contributed by atoms with van der Waals surface area (Å²) in [5.74, 6) is 8.77. The average Bonchev–Trinajstić information content (AvgIpc) is 3.27. The van der Waals surface area contributed by atoms with Crippen molar-refractivity contribution in [3.05, 3.63) is 0 Å². The fourth-order valence-electron chi connectivity index (χ4n) is 1.54. The second kappa shape index (κ2) is 10.1. The Balaban J connectivity index is 1.46. The molecule has 0 saturated carbocycles. The van der Waals surface area contributed by atoms with Crippen LogP contribution in [0.2, 0.25) is 0 Å². The van der Waals surface area contributed by atoms with Gasteiger partial charge in [-0.3, -0.25) is 0 Å². The molecule has 2 aliphatic rings. The van der Waals surface area contributed by atoms with Crippen LogP contribution in [-0.2, 0) is 9.47 Å². The molecule has 3 atom stereocenters. The largest absolute Gasteiger partial charge is 0.372 e. The number of hydrogen-bond acceptors (Lipinski definition) is 6. The van der Waals surface area contributed by atoms with E-state index in [2.05, 4.69) is 42.2 Å².